The topological polar surface area (TPSA) is 59.1 Å². The third-order valence-electron chi connectivity index (χ3n) is 2.45. The number of pyridine rings is 1. The number of nitrogens with one attached hydrogen (secondary N) is 1. The van der Waals surface area contributed by atoms with Gasteiger partial charge in [0.15, 0.2) is 0 Å². The SMILES string of the molecule is O=S(=O)(NCc1ccncc1)c1c(F)cc(F)cc1Br. The van der Waals surface area contributed by atoms with Crippen LogP contribution in [0.4, 0.5) is 8.78 Å². The molecule has 0 fully saturated rings. The summed E-state index contributed by atoms with van der Waals surface area (Å²) in [6.45, 7) is -0.0197. The molecule has 4 nitrogen and oxygen atoms in total. The summed E-state index contributed by atoms with van der Waals surface area (Å²) in [7, 11) is -4.10. The van der Waals surface area contributed by atoms with Gasteiger partial charge in [0.25, 0.3) is 0 Å². The number of nitrogens with zero attached hydrogens (tertiary/aromatic N) is 1. The molecule has 0 aliphatic heterocycles. The number of rotatable bonds is 4. The molecule has 20 heavy (non-hydrogen) atoms. The monoisotopic (exact) mass is 362 g/mol. The van der Waals surface area contributed by atoms with Crippen molar-refractivity contribution in [2.24, 2.45) is 0 Å². The first-order valence-corrected chi connectivity index (χ1v) is 7.71. The standard InChI is InChI=1S/C12H9BrF2N2O2S/c13-10-5-9(14)6-11(15)12(10)20(18,19)17-7-8-1-3-16-4-2-8/h1-6,17H,7H2. The third-order valence-corrected chi connectivity index (χ3v) is 4.81. The molecule has 1 heterocycles. The first kappa shape index (κ1) is 15.0. The van der Waals surface area contributed by atoms with Crippen molar-refractivity contribution < 1.29 is 17.2 Å². The van der Waals surface area contributed by atoms with E-state index in [1.54, 1.807) is 12.1 Å². The van der Waals surface area contributed by atoms with Crippen molar-refractivity contribution in [2.75, 3.05) is 0 Å². The van der Waals surface area contributed by atoms with Crippen LogP contribution < -0.4 is 4.72 Å². The van der Waals surface area contributed by atoms with E-state index in [2.05, 4.69) is 25.6 Å². The van der Waals surface area contributed by atoms with Crippen molar-refractivity contribution in [1.82, 2.24) is 9.71 Å². The summed E-state index contributed by atoms with van der Waals surface area (Å²) < 4.78 is 52.7. The van der Waals surface area contributed by atoms with E-state index in [0.29, 0.717) is 11.6 Å². The normalized spacial score (nSPS) is 11.6. The lowest BCUT2D eigenvalue weighted by molar-refractivity contribution is 0.540. The second-order valence-corrected chi connectivity index (χ2v) is 6.44. The minimum atomic E-state index is -4.10. The summed E-state index contributed by atoms with van der Waals surface area (Å²) in [5.74, 6) is -2.01. The minimum absolute atomic E-state index is 0.0197. The van der Waals surface area contributed by atoms with Gasteiger partial charge in [0.1, 0.15) is 16.5 Å². The number of halogens is 3. The molecule has 0 aliphatic rings. The highest BCUT2D eigenvalue weighted by molar-refractivity contribution is 9.10. The first-order valence-electron chi connectivity index (χ1n) is 5.43. The second-order valence-electron chi connectivity index (χ2n) is 3.88. The summed E-state index contributed by atoms with van der Waals surface area (Å²) in [5, 5.41) is 0. The second kappa shape index (κ2) is 5.94. The van der Waals surface area contributed by atoms with Gasteiger partial charge >= 0.3 is 0 Å². The Hall–Kier alpha value is -1.38. The van der Waals surface area contributed by atoms with Gasteiger partial charge in [-0.15, -0.1) is 0 Å². The van der Waals surface area contributed by atoms with E-state index in [1.807, 2.05) is 0 Å². The molecule has 1 aromatic carbocycles. The maximum absolute atomic E-state index is 13.6. The molecule has 106 valence electrons. The molecule has 8 heteroatoms. The first-order chi connectivity index (χ1) is 9.40. The summed E-state index contributed by atoms with van der Waals surface area (Å²) in [5.41, 5.74) is 0.669. The highest BCUT2D eigenvalue weighted by Crippen LogP contribution is 2.26. The van der Waals surface area contributed by atoms with E-state index >= 15 is 0 Å². The smallest absolute Gasteiger partial charge is 0.244 e. The van der Waals surface area contributed by atoms with Gasteiger partial charge in [-0.25, -0.2) is 21.9 Å². The van der Waals surface area contributed by atoms with Crippen LogP contribution in [0.3, 0.4) is 0 Å². The van der Waals surface area contributed by atoms with Crippen LogP contribution in [0.1, 0.15) is 5.56 Å². The van der Waals surface area contributed by atoms with E-state index in [1.165, 1.54) is 12.4 Å². The Bertz CT molecular complexity index is 700. The zero-order valence-corrected chi connectivity index (χ0v) is 12.4. The summed E-state index contributed by atoms with van der Waals surface area (Å²) in [6, 6.07) is 4.66. The van der Waals surface area contributed by atoms with E-state index in [9.17, 15) is 17.2 Å². The predicted octanol–water partition coefficient (Wildman–Crippen LogP) is 2.60. The van der Waals surface area contributed by atoms with E-state index < -0.39 is 26.6 Å². The number of aromatic nitrogens is 1. The van der Waals surface area contributed by atoms with Gasteiger partial charge in [-0.05, 0) is 39.7 Å². The molecule has 1 N–H and O–H groups in total. The van der Waals surface area contributed by atoms with Gasteiger partial charge in [0.2, 0.25) is 10.0 Å². The van der Waals surface area contributed by atoms with E-state index in [-0.39, 0.29) is 11.0 Å². The van der Waals surface area contributed by atoms with Crippen LogP contribution in [0.2, 0.25) is 0 Å². The molecule has 2 rings (SSSR count). The van der Waals surface area contributed by atoms with E-state index in [4.69, 9.17) is 0 Å². The van der Waals surface area contributed by atoms with Crippen molar-refractivity contribution in [2.45, 2.75) is 11.4 Å². The Morgan fingerprint density at radius 2 is 1.85 bits per heavy atom. The highest BCUT2D eigenvalue weighted by atomic mass is 79.9. The van der Waals surface area contributed by atoms with Gasteiger partial charge in [0.05, 0.1) is 0 Å². The number of hydrogen-bond donors (Lipinski definition) is 1. The van der Waals surface area contributed by atoms with Crippen LogP contribution in [0.15, 0.2) is 46.0 Å². The molecule has 0 atom stereocenters. The molecule has 1 aromatic heterocycles. The van der Waals surface area contributed by atoms with Gasteiger partial charge in [-0.1, -0.05) is 0 Å². The Kier molecular flexibility index (Phi) is 4.46. The van der Waals surface area contributed by atoms with Crippen LogP contribution in [-0.4, -0.2) is 13.4 Å². The Balaban J connectivity index is 2.28. The Morgan fingerprint density at radius 1 is 1.20 bits per heavy atom. The van der Waals surface area contributed by atoms with Crippen LogP contribution in [0, 0.1) is 11.6 Å². The molecule has 0 unspecified atom stereocenters. The quantitative estimate of drug-likeness (QED) is 0.909. The summed E-state index contributed by atoms with van der Waals surface area (Å²) in [6.07, 6.45) is 3.02. The largest absolute Gasteiger partial charge is 0.265 e. The van der Waals surface area contributed by atoms with Crippen LogP contribution in [0.25, 0.3) is 0 Å². The lowest BCUT2D eigenvalue weighted by Crippen LogP contribution is -2.24. The average Bonchev–Trinajstić information content (AvgIpc) is 2.36. The number of sulfonamides is 1. The molecule has 0 saturated heterocycles. The van der Waals surface area contributed by atoms with Gasteiger partial charge in [0, 0.05) is 29.5 Å². The molecule has 0 spiro atoms. The zero-order chi connectivity index (χ0) is 14.8. The molecule has 0 bridgehead atoms. The van der Waals surface area contributed by atoms with Gasteiger partial charge in [-0.3, -0.25) is 4.98 Å². The molecule has 0 radical (unpaired) electrons. The number of hydrogen-bond acceptors (Lipinski definition) is 3. The fourth-order valence-electron chi connectivity index (χ4n) is 1.54. The van der Waals surface area contributed by atoms with Crippen molar-refractivity contribution in [3.05, 3.63) is 58.3 Å². The van der Waals surface area contributed by atoms with Crippen molar-refractivity contribution in [1.29, 1.82) is 0 Å². The molecule has 0 amide bonds. The predicted molar refractivity (Wildman–Crippen MR) is 72.3 cm³/mol. The fraction of sp³-hybridized carbons (Fsp3) is 0.0833. The molecule has 2 aromatic rings. The maximum Gasteiger partial charge on any atom is 0.244 e. The minimum Gasteiger partial charge on any atom is -0.265 e. The van der Waals surface area contributed by atoms with Crippen LogP contribution in [0.5, 0.6) is 0 Å². The van der Waals surface area contributed by atoms with Gasteiger partial charge in [-0.2, -0.15) is 0 Å². The highest BCUT2D eigenvalue weighted by Gasteiger charge is 2.23. The van der Waals surface area contributed by atoms with E-state index in [0.717, 1.165) is 6.07 Å². The zero-order valence-electron chi connectivity index (χ0n) is 9.98. The molecule has 0 saturated carbocycles. The van der Waals surface area contributed by atoms with Crippen LogP contribution in [-0.2, 0) is 16.6 Å². The Labute approximate surface area is 123 Å². The summed E-state index contributed by atoms with van der Waals surface area (Å²) >= 11 is 2.85. The number of benzene rings is 1. The maximum atomic E-state index is 13.6. The van der Waals surface area contributed by atoms with Gasteiger partial charge < -0.3 is 0 Å². The lowest BCUT2D eigenvalue weighted by Gasteiger charge is -2.09. The summed E-state index contributed by atoms with van der Waals surface area (Å²) in [4.78, 5) is 3.18. The molecule has 0 aliphatic carbocycles. The third kappa shape index (κ3) is 3.38. The fourth-order valence-corrected chi connectivity index (χ4v) is 3.72. The van der Waals surface area contributed by atoms with Crippen LogP contribution >= 0.6 is 15.9 Å². The molecular formula is C12H9BrF2N2O2S. The lowest BCUT2D eigenvalue weighted by atomic mass is 10.3. The molecular weight excluding hydrogens is 354 g/mol. The van der Waals surface area contributed by atoms with Crippen molar-refractivity contribution in [3.8, 4) is 0 Å². The Morgan fingerprint density at radius 3 is 2.45 bits per heavy atom. The van der Waals surface area contributed by atoms with Crippen molar-refractivity contribution >= 4 is 26.0 Å². The van der Waals surface area contributed by atoms with Crippen molar-refractivity contribution in [3.63, 3.8) is 0 Å². The average molecular weight is 363 g/mol.